The van der Waals surface area contributed by atoms with E-state index in [1.807, 2.05) is 6.20 Å². The summed E-state index contributed by atoms with van der Waals surface area (Å²) in [5.74, 6) is 2.83. The minimum Gasteiger partial charge on any atom is -0.444 e. The Balaban J connectivity index is 1.42. The second-order valence-corrected chi connectivity index (χ2v) is 7.32. The first kappa shape index (κ1) is 18.2. The van der Waals surface area contributed by atoms with Gasteiger partial charge in [0.05, 0.1) is 18.0 Å². The van der Waals surface area contributed by atoms with Gasteiger partial charge in [0.15, 0.2) is 11.7 Å². The second-order valence-electron chi connectivity index (χ2n) is 7.32. The number of aromatic nitrogens is 2. The lowest BCUT2D eigenvalue weighted by Crippen LogP contribution is -2.31. The third-order valence-corrected chi connectivity index (χ3v) is 5.50. The first-order valence-electron chi connectivity index (χ1n) is 10.2. The minimum atomic E-state index is 0.829. The van der Waals surface area contributed by atoms with Crippen LogP contribution in [-0.2, 0) is 19.5 Å². The van der Waals surface area contributed by atoms with Gasteiger partial charge in [-0.25, -0.2) is 9.97 Å². The molecule has 6 nitrogen and oxygen atoms in total. The highest BCUT2D eigenvalue weighted by Crippen LogP contribution is 2.23. The molecule has 4 rings (SSSR count). The summed E-state index contributed by atoms with van der Waals surface area (Å²) in [5.41, 5.74) is 3.51. The van der Waals surface area contributed by atoms with E-state index in [1.165, 1.54) is 24.1 Å². The Bertz CT molecular complexity index is 809. The van der Waals surface area contributed by atoms with E-state index in [2.05, 4.69) is 45.8 Å². The number of nitrogens with zero attached hydrogens (tertiary/aromatic N) is 5. The maximum atomic E-state index is 6.05. The zero-order valence-electron chi connectivity index (χ0n) is 16.4. The van der Waals surface area contributed by atoms with E-state index in [0.29, 0.717) is 0 Å². The topological polar surface area (TPSA) is 57.8 Å². The van der Waals surface area contributed by atoms with Crippen molar-refractivity contribution in [3.05, 3.63) is 41.2 Å². The molecule has 0 saturated heterocycles. The van der Waals surface area contributed by atoms with Gasteiger partial charge < -0.3 is 9.32 Å². The van der Waals surface area contributed by atoms with Gasteiger partial charge in [-0.3, -0.25) is 9.89 Å². The van der Waals surface area contributed by atoms with E-state index in [9.17, 15) is 0 Å². The number of fused-ring (bicyclic) bond motifs is 1. The highest BCUT2D eigenvalue weighted by atomic mass is 16.4. The number of furan rings is 1. The average Bonchev–Trinajstić information content (AvgIpc) is 3.17. The van der Waals surface area contributed by atoms with E-state index < -0.39 is 0 Å². The van der Waals surface area contributed by atoms with Crippen molar-refractivity contribution in [2.45, 2.75) is 52.6 Å². The summed E-state index contributed by atoms with van der Waals surface area (Å²) >= 11 is 0. The molecule has 0 atom stereocenters. The molecule has 0 amide bonds. The molecule has 0 aromatic carbocycles. The van der Waals surface area contributed by atoms with Gasteiger partial charge in [-0.05, 0) is 39.2 Å². The summed E-state index contributed by atoms with van der Waals surface area (Å²) in [7, 11) is 0. The molecule has 6 heteroatoms. The monoisotopic (exact) mass is 367 g/mol. The van der Waals surface area contributed by atoms with Crippen molar-refractivity contribution in [3.63, 3.8) is 0 Å². The molecule has 0 fully saturated rings. The Kier molecular flexibility index (Phi) is 5.53. The fourth-order valence-corrected chi connectivity index (χ4v) is 3.91. The Labute approximate surface area is 161 Å². The van der Waals surface area contributed by atoms with Crippen LogP contribution in [0.5, 0.6) is 0 Å². The van der Waals surface area contributed by atoms with Gasteiger partial charge in [-0.2, -0.15) is 0 Å². The summed E-state index contributed by atoms with van der Waals surface area (Å²) < 4.78 is 6.05. The van der Waals surface area contributed by atoms with Crippen LogP contribution in [0.3, 0.4) is 0 Å². The van der Waals surface area contributed by atoms with E-state index in [-0.39, 0.29) is 0 Å². The molecule has 144 valence electrons. The lowest BCUT2D eigenvalue weighted by molar-refractivity contribution is 0.224. The summed E-state index contributed by atoms with van der Waals surface area (Å²) in [6, 6.07) is 4.19. The molecule has 0 N–H and O–H groups in total. The van der Waals surface area contributed by atoms with Crippen LogP contribution in [0.25, 0.3) is 0 Å². The molecule has 4 heterocycles. The van der Waals surface area contributed by atoms with Gasteiger partial charge in [-0.15, -0.1) is 0 Å². The van der Waals surface area contributed by atoms with Gasteiger partial charge in [0.1, 0.15) is 5.76 Å². The minimum absolute atomic E-state index is 0.829. The first-order chi connectivity index (χ1) is 13.3. The molecule has 0 unspecified atom stereocenters. The van der Waals surface area contributed by atoms with E-state index in [4.69, 9.17) is 9.40 Å². The second kappa shape index (κ2) is 8.21. The molecular formula is C21H29N5O. The molecule has 2 aromatic heterocycles. The normalized spacial score (nSPS) is 17.5. The van der Waals surface area contributed by atoms with Gasteiger partial charge in [0, 0.05) is 57.0 Å². The molecule has 0 aliphatic carbocycles. The van der Waals surface area contributed by atoms with Crippen molar-refractivity contribution in [2.24, 2.45) is 4.99 Å². The van der Waals surface area contributed by atoms with Crippen LogP contribution in [0.15, 0.2) is 27.7 Å². The number of anilines is 1. The highest BCUT2D eigenvalue weighted by Gasteiger charge is 2.21. The molecule has 2 aromatic rings. The van der Waals surface area contributed by atoms with Crippen molar-refractivity contribution in [2.75, 3.05) is 31.1 Å². The molecule has 2 aliphatic heterocycles. The summed E-state index contributed by atoms with van der Waals surface area (Å²) in [5, 5.41) is 0. The number of rotatable bonds is 6. The fraction of sp³-hybridized carbons (Fsp3) is 0.571. The molecule has 0 spiro atoms. The van der Waals surface area contributed by atoms with Gasteiger partial charge in [0.2, 0.25) is 0 Å². The molecule has 27 heavy (non-hydrogen) atoms. The largest absolute Gasteiger partial charge is 0.444 e. The van der Waals surface area contributed by atoms with Gasteiger partial charge in [-0.1, -0.05) is 0 Å². The molecule has 0 saturated carbocycles. The van der Waals surface area contributed by atoms with E-state index in [1.54, 1.807) is 0 Å². The molecule has 0 bridgehead atoms. The Morgan fingerprint density at radius 1 is 1.15 bits per heavy atom. The molecule has 2 aliphatic rings. The van der Waals surface area contributed by atoms with Crippen molar-refractivity contribution < 1.29 is 4.42 Å². The maximum Gasteiger partial charge on any atom is 0.195 e. The molecular weight excluding hydrogens is 338 g/mol. The van der Waals surface area contributed by atoms with Crippen LogP contribution >= 0.6 is 0 Å². The van der Waals surface area contributed by atoms with Crippen molar-refractivity contribution in [3.8, 4) is 0 Å². The van der Waals surface area contributed by atoms with Crippen LogP contribution in [0.4, 0.5) is 5.88 Å². The fourth-order valence-electron chi connectivity index (χ4n) is 3.91. The van der Waals surface area contributed by atoms with Crippen LogP contribution in [-0.4, -0.2) is 46.8 Å². The average molecular weight is 367 g/mol. The number of hydrogen-bond donors (Lipinski definition) is 0. The zero-order valence-corrected chi connectivity index (χ0v) is 16.4. The Morgan fingerprint density at radius 3 is 2.81 bits per heavy atom. The summed E-state index contributed by atoms with van der Waals surface area (Å²) in [6.45, 7) is 9.86. The predicted octanol–water partition coefficient (Wildman–Crippen LogP) is 3.45. The van der Waals surface area contributed by atoms with Crippen molar-refractivity contribution in [1.29, 1.82) is 0 Å². The van der Waals surface area contributed by atoms with Crippen LogP contribution in [0, 0.1) is 0 Å². The summed E-state index contributed by atoms with van der Waals surface area (Å²) in [6.07, 6.45) is 6.36. The number of aliphatic imine (C=N–C) groups is 1. The summed E-state index contributed by atoms with van der Waals surface area (Å²) in [4.78, 5) is 18.7. The predicted molar refractivity (Wildman–Crippen MR) is 107 cm³/mol. The van der Waals surface area contributed by atoms with Crippen LogP contribution in [0.1, 0.15) is 56.0 Å². The zero-order chi connectivity index (χ0) is 18.6. The van der Waals surface area contributed by atoms with Crippen LogP contribution in [0.2, 0.25) is 0 Å². The van der Waals surface area contributed by atoms with Gasteiger partial charge >= 0.3 is 0 Å². The van der Waals surface area contributed by atoms with E-state index in [0.717, 1.165) is 75.3 Å². The number of hydrogen-bond acceptors (Lipinski definition) is 6. The smallest absolute Gasteiger partial charge is 0.195 e. The third-order valence-electron chi connectivity index (χ3n) is 5.50. The quantitative estimate of drug-likeness (QED) is 0.783. The standard InChI is InChI=1S/C21H29N5O/c1-3-26(4-2)20-9-8-17(27-20)15-25-12-10-18-16(14-25)13-23-21(24-18)19-7-5-6-11-22-19/h8-9,13H,3-7,10-12,14-15H2,1-2H3. The maximum absolute atomic E-state index is 6.05. The Morgan fingerprint density at radius 2 is 2.04 bits per heavy atom. The van der Waals surface area contributed by atoms with Crippen molar-refractivity contribution in [1.82, 2.24) is 14.9 Å². The molecule has 0 radical (unpaired) electrons. The third kappa shape index (κ3) is 4.05. The lowest BCUT2D eigenvalue weighted by Gasteiger charge is -2.27. The highest BCUT2D eigenvalue weighted by molar-refractivity contribution is 5.97. The first-order valence-corrected chi connectivity index (χ1v) is 10.2. The van der Waals surface area contributed by atoms with Gasteiger partial charge in [0.25, 0.3) is 0 Å². The Hall–Kier alpha value is -2.21. The van der Waals surface area contributed by atoms with Crippen molar-refractivity contribution >= 4 is 11.6 Å². The SMILES string of the molecule is CCN(CC)c1ccc(CN2CCc3nc(C4=NCCCC4)ncc3C2)o1. The van der Waals surface area contributed by atoms with E-state index >= 15 is 0 Å². The lowest BCUT2D eigenvalue weighted by atomic mass is 10.1. The van der Waals surface area contributed by atoms with Crippen LogP contribution < -0.4 is 4.90 Å².